The van der Waals surface area contributed by atoms with Crippen LogP contribution in [0.5, 0.6) is 0 Å². The van der Waals surface area contributed by atoms with E-state index in [1.165, 1.54) is 11.3 Å². The minimum Gasteiger partial charge on any atom is -0.326 e. The van der Waals surface area contributed by atoms with Gasteiger partial charge in [-0.25, -0.2) is 4.98 Å². The van der Waals surface area contributed by atoms with Gasteiger partial charge in [-0.1, -0.05) is 11.6 Å². The van der Waals surface area contributed by atoms with Crippen molar-refractivity contribution < 1.29 is 4.79 Å². The number of nitrogens with one attached hydrogen (secondary N) is 1. The number of halogens is 1. The molecule has 0 saturated heterocycles. The molecule has 0 spiro atoms. The maximum absolute atomic E-state index is 11.7. The molecule has 0 fully saturated rings. The number of rotatable bonds is 3. The van der Waals surface area contributed by atoms with Crippen LogP contribution in [0.3, 0.4) is 0 Å². The topological polar surface area (TPSA) is 42.0 Å². The molecule has 2 aromatic rings. The summed E-state index contributed by atoms with van der Waals surface area (Å²) in [4.78, 5) is 15.8. The number of hydrogen-bond acceptors (Lipinski definition) is 3. The maximum Gasteiger partial charge on any atom is 0.230 e. The second kappa shape index (κ2) is 5.29. The molecular formula is C12H11ClN2OS. The first kappa shape index (κ1) is 12.1. The smallest absolute Gasteiger partial charge is 0.230 e. The molecule has 1 amide bonds. The summed E-state index contributed by atoms with van der Waals surface area (Å²) < 4.78 is 0. The number of nitrogens with zero attached hydrogens (tertiary/aromatic N) is 1. The molecule has 0 aliphatic rings. The van der Waals surface area contributed by atoms with Gasteiger partial charge in [0.1, 0.15) is 0 Å². The zero-order chi connectivity index (χ0) is 12.3. The summed E-state index contributed by atoms with van der Waals surface area (Å²) in [6.07, 6.45) is 0.297. The van der Waals surface area contributed by atoms with Crippen molar-refractivity contribution in [1.29, 1.82) is 0 Å². The van der Waals surface area contributed by atoms with E-state index in [-0.39, 0.29) is 5.91 Å². The summed E-state index contributed by atoms with van der Waals surface area (Å²) in [5.74, 6) is -0.0682. The molecule has 1 heterocycles. The SMILES string of the molecule is Cc1cc(Cl)ccc1NC(=O)Cc1cscn1. The molecule has 1 aromatic heterocycles. The van der Waals surface area contributed by atoms with Crippen LogP contribution in [0.15, 0.2) is 29.1 Å². The quantitative estimate of drug-likeness (QED) is 0.926. The Bertz CT molecular complexity index is 525. The molecule has 3 nitrogen and oxygen atoms in total. The van der Waals surface area contributed by atoms with E-state index in [4.69, 9.17) is 11.6 Å². The van der Waals surface area contributed by atoms with Gasteiger partial charge in [0.25, 0.3) is 0 Å². The van der Waals surface area contributed by atoms with Gasteiger partial charge in [-0.15, -0.1) is 11.3 Å². The van der Waals surface area contributed by atoms with Crippen LogP contribution < -0.4 is 5.32 Å². The van der Waals surface area contributed by atoms with E-state index in [1.54, 1.807) is 17.6 Å². The van der Waals surface area contributed by atoms with Crippen molar-refractivity contribution >= 4 is 34.5 Å². The molecule has 0 radical (unpaired) electrons. The van der Waals surface area contributed by atoms with Gasteiger partial charge in [0.05, 0.1) is 17.6 Å². The first-order chi connectivity index (χ1) is 8.15. The lowest BCUT2D eigenvalue weighted by Crippen LogP contribution is -2.15. The second-order valence-corrected chi connectivity index (χ2v) is 4.82. The molecule has 0 aliphatic carbocycles. The lowest BCUT2D eigenvalue weighted by molar-refractivity contribution is -0.115. The van der Waals surface area contributed by atoms with Gasteiger partial charge in [0, 0.05) is 16.1 Å². The highest BCUT2D eigenvalue weighted by molar-refractivity contribution is 7.07. The zero-order valence-corrected chi connectivity index (χ0v) is 10.8. The van der Waals surface area contributed by atoms with Gasteiger partial charge in [-0.3, -0.25) is 4.79 Å². The molecule has 0 aliphatic heterocycles. The molecular weight excluding hydrogens is 256 g/mol. The monoisotopic (exact) mass is 266 g/mol. The normalized spacial score (nSPS) is 10.2. The first-order valence-electron chi connectivity index (χ1n) is 5.08. The highest BCUT2D eigenvalue weighted by Crippen LogP contribution is 2.19. The number of benzene rings is 1. The first-order valence-corrected chi connectivity index (χ1v) is 6.40. The highest BCUT2D eigenvalue weighted by Gasteiger charge is 2.07. The number of hydrogen-bond donors (Lipinski definition) is 1. The van der Waals surface area contributed by atoms with Gasteiger partial charge in [-0.05, 0) is 30.7 Å². The number of carbonyl (C=O) groups is 1. The van der Waals surface area contributed by atoms with E-state index in [2.05, 4.69) is 10.3 Å². The number of aromatic nitrogens is 1. The van der Waals surface area contributed by atoms with Crippen molar-refractivity contribution in [2.45, 2.75) is 13.3 Å². The van der Waals surface area contributed by atoms with Gasteiger partial charge in [-0.2, -0.15) is 0 Å². The van der Waals surface area contributed by atoms with Crippen LogP contribution >= 0.6 is 22.9 Å². The molecule has 0 atom stereocenters. The Labute approximate surface area is 108 Å². The van der Waals surface area contributed by atoms with E-state index in [0.29, 0.717) is 11.4 Å². The van der Waals surface area contributed by atoms with Crippen molar-refractivity contribution in [2.24, 2.45) is 0 Å². The van der Waals surface area contributed by atoms with E-state index in [9.17, 15) is 4.79 Å². The number of aryl methyl sites for hydroxylation is 1. The largest absolute Gasteiger partial charge is 0.326 e. The van der Waals surface area contributed by atoms with Gasteiger partial charge < -0.3 is 5.32 Å². The fraction of sp³-hybridized carbons (Fsp3) is 0.167. The number of amides is 1. The number of thiazole rings is 1. The van der Waals surface area contributed by atoms with Crippen LogP contribution in [0.2, 0.25) is 5.02 Å². The van der Waals surface area contributed by atoms with Crippen molar-refractivity contribution in [1.82, 2.24) is 4.98 Å². The minimum absolute atomic E-state index is 0.0682. The fourth-order valence-corrected chi connectivity index (χ4v) is 2.24. The van der Waals surface area contributed by atoms with Gasteiger partial charge in [0.2, 0.25) is 5.91 Å². The summed E-state index contributed by atoms with van der Waals surface area (Å²) in [5, 5.41) is 5.38. The summed E-state index contributed by atoms with van der Waals surface area (Å²) >= 11 is 7.33. The van der Waals surface area contributed by atoms with Crippen LogP contribution in [0.4, 0.5) is 5.69 Å². The number of anilines is 1. The molecule has 0 unspecified atom stereocenters. The Morgan fingerprint density at radius 1 is 1.53 bits per heavy atom. The van der Waals surface area contributed by atoms with Crippen molar-refractivity contribution in [3.63, 3.8) is 0 Å². The Balaban J connectivity index is 2.03. The molecule has 88 valence electrons. The number of carbonyl (C=O) groups excluding carboxylic acids is 1. The second-order valence-electron chi connectivity index (χ2n) is 3.66. The Morgan fingerprint density at radius 2 is 2.35 bits per heavy atom. The molecule has 2 rings (SSSR count). The van der Waals surface area contributed by atoms with Crippen LogP contribution in [-0.2, 0) is 11.2 Å². The van der Waals surface area contributed by atoms with Crippen LogP contribution in [-0.4, -0.2) is 10.9 Å². The van der Waals surface area contributed by atoms with Crippen LogP contribution in [0, 0.1) is 6.92 Å². The Kier molecular flexibility index (Phi) is 3.76. The van der Waals surface area contributed by atoms with Crippen molar-refractivity contribution in [3.8, 4) is 0 Å². The lowest BCUT2D eigenvalue weighted by atomic mass is 10.2. The van der Waals surface area contributed by atoms with Crippen LogP contribution in [0.1, 0.15) is 11.3 Å². The predicted octanol–water partition coefficient (Wildman–Crippen LogP) is 3.29. The molecule has 5 heteroatoms. The molecule has 17 heavy (non-hydrogen) atoms. The minimum atomic E-state index is -0.0682. The van der Waals surface area contributed by atoms with E-state index in [1.807, 2.05) is 18.4 Å². The van der Waals surface area contributed by atoms with E-state index >= 15 is 0 Å². The van der Waals surface area contributed by atoms with Gasteiger partial charge in [0.15, 0.2) is 0 Å². The van der Waals surface area contributed by atoms with E-state index in [0.717, 1.165) is 16.9 Å². The third-order valence-electron chi connectivity index (χ3n) is 2.29. The fourth-order valence-electron chi connectivity index (χ4n) is 1.45. The molecule has 1 aromatic carbocycles. The lowest BCUT2D eigenvalue weighted by Gasteiger charge is -2.07. The Hall–Kier alpha value is -1.39. The van der Waals surface area contributed by atoms with Crippen LogP contribution in [0.25, 0.3) is 0 Å². The Morgan fingerprint density at radius 3 is 3.00 bits per heavy atom. The zero-order valence-electron chi connectivity index (χ0n) is 9.24. The maximum atomic E-state index is 11.7. The molecule has 1 N–H and O–H groups in total. The third-order valence-corrected chi connectivity index (χ3v) is 3.16. The summed E-state index contributed by atoms with van der Waals surface area (Å²) in [5.41, 5.74) is 4.24. The third kappa shape index (κ3) is 3.28. The standard InChI is InChI=1S/C12H11ClN2OS/c1-8-4-9(13)2-3-11(8)15-12(16)5-10-6-17-7-14-10/h2-4,6-7H,5H2,1H3,(H,15,16). The summed E-state index contributed by atoms with van der Waals surface area (Å²) in [7, 11) is 0. The highest BCUT2D eigenvalue weighted by atomic mass is 35.5. The average Bonchev–Trinajstić information content (AvgIpc) is 2.75. The average molecular weight is 267 g/mol. The molecule has 0 saturated carbocycles. The van der Waals surface area contributed by atoms with Gasteiger partial charge >= 0.3 is 0 Å². The molecule has 0 bridgehead atoms. The van der Waals surface area contributed by atoms with Crippen molar-refractivity contribution in [2.75, 3.05) is 5.32 Å². The summed E-state index contributed by atoms with van der Waals surface area (Å²) in [6, 6.07) is 5.38. The summed E-state index contributed by atoms with van der Waals surface area (Å²) in [6.45, 7) is 1.91. The predicted molar refractivity (Wildman–Crippen MR) is 70.6 cm³/mol. The van der Waals surface area contributed by atoms with Crippen molar-refractivity contribution in [3.05, 3.63) is 45.4 Å². The van der Waals surface area contributed by atoms with E-state index < -0.39 is 0 Å².